The first kappa shape index (κ1) is 49.7. The molecule has 0 aromatic heterocycles. The maximum absolute atomic E-state index is 14.1. The SMILES string of the molecule is CNC(=O)[C@@]1(OC[C@H]2O[C@@H](OCC[Si](C)(C)C)[C@H](N=[N+]=[N-])[C@@H](OCc3ccccc3)[C@H]2O)C[C@H](OC(C)=O)[C@@H](NC(C)=O)[C@H]([C@H](OC(C)=O)[C@@H](COC(C)=O)OC(C)=O)O1. The maximum Gasteiger partial charge on any atom is 0.303 e. The van der Waals surface area contributed by atoms with E-state index in [0.717, 1.165) is 40.2 Å². The van der Waals surface area contributed by atoms with Crippen LogP contribution < -0.4 is 10.6 Å². The van der Waals surface area contributed by atoms with Crippen LogP contribution in [0.2, 0.25) is 25.7 Å². The summed E-state index contributed by atoms with van der Waals surface area (Å²) in [5.41, 5.74) is 10.3. The molecule has 2 aliphatic heterocycles. The average Bonchev–Trinajstić information content (AvgIpc) is 3.15. The molecule has 1 aromatic rings. The Labute approximate surface area is 348 Å². The molecule has 11 atom stereocenters. The van der Waals surface area contributed by atoms with Gasteiger partial charge in [-0.3, -0.25) is 28.8 Å². The lowest BCUT2D eigenvalue weighted by Gasteiger charge is -2.49. The van der Waals surface area contributed by atoms with Crippen LogP contribution in [0.4, 0.5) is 0 Å². The van der Waals surface area contributed by atoms with Crippen molar-refractivity contribution in [2.75, 3.05) is 26.9 Å². The molecule has 21 nitrogen and oxygen atoms in total. The zero-order chi connectivity index (χ0) is 44.8. The predicted octanol–water partition coefficient (Wildman–Crippen LogP) is 1.80. The van der Waals surface area contributed by atoms with E-state index in [0.29, 0.717) is 6.04 Å². The first-order valence-electron chi connectivity index (χ1n) is 19.3. The van der Waals surface area contributed by atoms with Crippen LogP contribution in [-0.2, 0) is 78.0 Å². The van der Waals surface area contributed by atoms with Crippen LogP contribution >= 0.6 is 0 Å². The topological polar surface area (TPSA) is 279 Å². The highest BCUT2D eigenvalue weighted by Crippen LogP contribution is 2.38. The van der Waals surface area contributed by atoms with E-state index < -0.39 is 130 Å². The molecule has 0 bridgehead atoms. The Morgan fingerprint density at radius 3 is 2.20 bits per heavy atom. The van der Waals surface area contributed by atoms with Gasteiger partial charge in [-0.2, -0.15) is 0 Å². The normalized spacial score (nSPS) is 27.5. The van der Waals surface area contributed by atoms with Gasteiger partial charge < -0.3 is 58.4 Å². The summed E-state index contributed by atoms with van der Waals surface area (Å²) >= 11 is 0. The van der Waals surface area contributed by atoms with Crippen LogP contribution in [0, 0.1) is 0 Å². The molecule has 60 heavy (non-hydrogen) atoms. The van der Waals surface area contributed by atoms with E-state index in [2.05, 4.69) is 40.3 Å². The number of hydrogen-bond donors (Lipinski definition) is 3. The highest BCUT2D eigenvalue weighted by atomic mass is 28.3. The zero-order valence-electron chi connectivity index (χ0n) is 35.3. The van der Waals surface area contributed by atoms with Crippen LogP contribution in [0.25, 0.3) is 10.4 Å². The second-order valence-corrected chi connectivity index (χ2v) is 21.1. The molecular weight excluding hydrogens is 811 g/mol. The average molecular weight is 868 g/mol. The third kappa shape index (κ3) is 14.8. The van der Waals surface area contributed by atoms with Crippen molar-refractivity contribution >= 4 is 43.8 Å². The van der Waals surface area contributed by atoms with Gasteiger partial charge in [-0.15, -0.1) is 0 Å². The number of ether oxygens (including phenoxy) is 9. The number of nitrogens with one attached hydrogen (secondary N) is 2. The van der Waals surface area contributed by atoms with Crippen molar-refractivity contribution < 1.29 is 76.5 Å². The van der Waals surface area contributed by atoms with E-state index in [1.54, 1.807) is 24.3 Å². The molecule has 3 N–H and O–H groups in total. The molecule has 0 saturated carbocycles. The molecule has 2 fully saturated rings. The summed E-state index contributed by atoms with van der Waals surface area (Å²) in [7, 11) is -0.384. The third-order valence-electron chi connectivity index (χ3n) is 9.30. The van der Waals surface area contributed by atoms with Crippen LogP contribution in [0.5, 0.6) is 0 Å². The molecule has 2 amide bonds. The number of likely N-dealkylation sites (N-methyl/N-ethyl adjacent to an activating group) is 1. The zero-order valence-corrected chi connectivity index (χ0v) is 36.3. The van der Waals surface area contributed by atoms with Gasteiger partial charge >= 0.3 is 23.9 Å². The second-order valence-electron chi connectivity index (χ2n) is 15.5. The van der Waals surface area contributed by atoms with Crippen LogP contribution in [-0.4, -0.2) is 143 Å². The second kappa shape index (κ2) is 22.8. The Bertz CT molecular complexity index is 1690. The van der Waals surface area contributed by atoms with Crippen molar-refractivity contribution in [3.8, 4) is 0 Å². The van der Waals surface area contributed by atoms with Gasteiger partial charge in [-0.25, -0.2) is 0 Å². The smallest absolute Gasteiger partial charge is 0.303 e. The number of carbonyl (C=O) groups excluding carboxylic acids is 6. The molecule has 2 saturated heterocycles. The number of azide groups is 1. The standard InChI is InChI=1S/C38H57N5O16Si/c1-21(44)41-30-27(55-23(3)46)17-38(37(50)40-6,59-35(30)33(57-25(5)48)29(56-24(4)47)19-52-22(2)45)54-20-28-32(49)34(53-18-26-13-11-10-12-14-26)31(42-43-39)36(58-28)51-15-16-60(7,8)9/h10-14,27-36,49H,15-20H2,1-9H3,(H,40,50)(H,41,44)/t27-,28+,29+,30+,31+,32-,33+,34+,35+,36+,38+/m0/s1. The minimum Gasteiger partial charge on any atom is -0.462 e. The monoisotopic (exact) mass is 867 g/mol. The number of benzene rings is 1. The van der Waals surface area contributed by atoms with Gasteiger partial charge in [-0.05, 0) is 17.1 Å². The van der Waals surface area contributed by atoms with Crippen molar-refractivity contribution in [3.05, 3.63) is 46.3 Å². The van der Waals surface area contributed by atoms with Gasteiger partial charge in [0, 0.05) is 61.3 Å². The van der Waals surface area contributed by atoms with E-state index in [4.69, 9.17) is 42.6 Å². The number of aliphatic hydroxyl groups excluding tert-OH is 1. The lowest BCUT2D eigenvalue weighted by Crippen LogP contribution is -2.70. The third-order valence-corrected chi connectivity index (χ3v) is 11.0. The summed E-state index contributed by atoms with van der Waals surface area (Å²) in [4.78, 5) is 79.1. The molecule has 1 aromatic carbocycles. The Morgan fingerprint density at radius 2 is 1.65 bits per heavy atom. The number of esters is 4. The quantitative estimate of drug-likeness (QED) is 0.0421. The Hall–Kier alpha value is -4.67. The number of nitrogens with zero attached hydrogens (tertiary/aromatic N) is 3. The Morgan fingerprint density at radius 1 is 0.983 bits per heavy atom. The highest BCUT2D eigenvalue weighted by Gasteiger charge is 2.59. The van der Waals surface area contributed by atoms with Crippen molar-refractivity contribution in [2.45, 2.75) is 140 Å². The fourth-order valence-electron chi connectivity index (χ4n) is 6.62. The summed E-state index contributed by atoms with van der Waals surface area (Å²) in [5.74, 6) is -7.60. The molecule has 0 radical (unpaired) electrons. The molecule has 2 heterocycles. The van der Waals surface area contributed by atoms with Gasteiger partial charge in [0.05, 0.1) is 31.8 Å². The number of aliphatic hydroxyl groups is 1. The molecule has 0 aliphatic carbocycles. The van der Waals surface area contributed by atoms with Gasteiger partial charge in [0.2, 0.25) is 5.91 Å². The van der Waals surface area contributed by atoms with E-state index in [1.165, 1.54) is 7.05 Å². The lowest BCUT2D eigenvalue weighted by atomic mass is 9.87. The van der Waals surface area contributed by atoms with Crippen LogP contribution in [0.15, 0.2) is 35.4 Å². The summed E-state index contributed by atoms with van der Waals surface area (Å²) in [6.07, 6.45) is -12.6. The molecule has 0 spiro atoms. The molecular formula is C38H57N5O16Si. The van der Waals surface area contributed by atoms with Crippen molar-refractivity contribution in [1.82, 2.24) is 10.6 Å². The van der Waals surface area contributed by atoms with Gasteiger partial charge in [0.25, 0.3) is 11.7 Å². The Balaban J connectivity index is 2.15. The molecule has 0 unspecified atom stereocenters. The van der Waals surface area contributed by atoms with E-state index in [9.17, 15) is 39.4 Å². The first-order valence-corrected chi connectivity index (χ1v) is 23.0. The Kier molecular flexibility index (Phi) is 18.9. The number of rotatable bonds is 20. The minimum absolute atomic E-state index is 0.00876. The largest absolute Gasteiger partial charge is 0.462 e. The summed E-state index contributed by atoms with van der Waals surface area (Å²) < 4.78 is 53.0. The van der Waals surface area contributed by atoms with Crippen LogP contribution in [0.3, 0.4) is 0 Å². The molecule has 334 valence electrons. The maximum atomic E-state index is 14.1. The van der Waals surface area contributed by atoms with Crippen molar-refractivity contribution in [2.24, 2.45) is 5.11 Å². The molecule has 3 rings (SSSR count). The molecule has 2 aliphatic rings. The molecule has 22 heteroatoms. The predicted molar refractivity (Wildman–Crippen MR) is 210 cm³/mol. The van der Waals surface area contributed by atoms with E-state index in [-0.39, 0.29) is 13.2 Å². The van der Waals surface area contributed by atoms with Crippen molar-refractivity contribution in [1.29, 1.82) is 0 Å². The first-order chi connectivity index (χ1) is 28.2. The van der Waals surface area contributed by atoms with Crippen molar-refractivity contribution in [3.63, 3.8) is 0 Å². The van der Waals surface area contributed by atoms with Gasteiger partial charge in [0.1, 0.15) is 37.1 Å². The number of hydrogen-bond acceptors (Lipinski definition) is 17. The highest BCUT2D eigenvalue weighted by molar-refractivity contribution is 6.76. The number of carbonyl (C=O) groups is 6. The van der Waals surface area contributed by atoms with Gasteiger partial charge in [-0.1, -0.05) is 55.1 Å². The minimum atomic E-state index is -2.49. The van der Waals surface area contributed by atoms with Crippen LogP contribution in [0.1, 0.15) is 46.6 Å². The fourth-order valence-corrected chi connectivity index (χ4v) is 7.35. The van der Waals surface area contributed by atoms with E-state index >= 15 is 0 Å². The summed E-state index contributed by atoms with van der Waals surface area (Å²) in [6.45, 7) is 10.7. The summed E-state index contributed by atoms with van der Waals surface area (Å²) in [5, 5.41) is 20.8. The number of amides is 2. The summed E-state index contributed by atoms with van der Waals surface area (Å²) in [6, 6.07) is 7.14. The van der Waals surface area contributed by atoms with E-state index in [1.807, 2.05) is 6.07 Å². The lowest BCUT2D eigenvalue weighted by molar-refractivity contribution is -0.327. The fraction of sp³-hybridized carbons (Fsp3) is 0.684. The van der Waals surface area contributed by atoms with Gasteiger partial charge in [0.15, 0.2) is 18.5 Å².